The van der Waals surface area contributed by atoms with E-state index in [2.05, 4.69) is 14.7 Å². The Labute approximate surface area is 131 Å². The lowest BCUT2D eigenvalue weighted by Crippen LogP contribution is -2.13. The molecule has 2 N–H and O–H groups in total. The van der Waals surface area contributed by atoms with Crippen molar-refractivity contribution >= 4 is 49.8 Å². The van der Waals surface area contributed by atoms with E-state index in [1.807, 2.05) is 6.07 Å². The van der Waals surface area contributed by atoms with Crippen LogP contribution in [0.4, 0.5) is 5.69 Å². The largest absolute Gasteiger partial charge is 0.361 e. The fourth-order valence-electron chi connectivity index (χ4n) is 1.93. The van der Waals surface area contributed by atoms with Crippen LogP contribution in [0, 0.1) is 0 Å². The van der Waals surface area contributed by atoms with Gasteiger partial charge in [0.25, 0.3) is 10.0 Å². The zero-order chi connectivity index (χ0) is 15.0. The predicted octanol–water partition coefficient (Wildman–Crippen LogP) is 3.67. The minimum absolute atomic E-state index is 0.0176. The van der Waals surface area contributed by atoms with Gasteiger partial charge < -0.3 is 4.98 Å². The summed E-state index contributed by atoms with van der Waals surface area (Å²) in [5.74, 6) is 0. The van der Waals surface area contributed by atoms with E-state index < -0.39 is 10.0 Å². The highest BCUT2D eigenvalue weighted by Crippen LogP contribution is 2.23. The summed E-state index contributed by atoms with van der Waals surface area (Å²) in [4.78, 5) is 6.72. The molecule has 2 heterocycles. The van der Waals surface area contributed by atoms with Gasteiger partial charge in [0.05, 0.1) is 4.90 Å². The third-order valence-corrected chi connectivity index (χ3v) is 4.60. The number of nitrogens with one attached hydrogen (secondary N) is 2. The quantitative estimate of drug-likeness (QED) is 0.713. The van der Waals surface area contributed by atoms with E-state index in [0.717, 1.165) is 10.9 Å². The maximum absolute atomic E-state index is 12.3. The van der Waals surface area contributed by atoms with Crippen LogP contribution in [-0.2, 0) is 10.0 Å². The Kier molecular flexibility index (Phi) is 3.52. The van der Waals surface area contributed by atoms with E-state index >= 15 is 0 Å². The molecule has 108 valence electrons. The second kappa shape index (κ2) is 5.22. The highest BCUT2D eigenvalue weighted by atomic mass is 35.5. The highest BCUT2D eigenvalue weighted by Gasteiger charge is 2.16. The maximum Gasteiger partial charge on any atom is 0.262 e. The normalized spacial score (nSPS) is 11.7. The van der Waals surface area contributed by atoms with E-state index in [9.17, 15) is 8.42 Å². The van der Waals surface area contributed by atoms with Gasteiger partial charge in [-0.05, 0) is 36.4 Å². The number of anilines is 1. The molecule has 0 fully saturated rings. The number of pyridine rings is 1. The number of rotatable bonds is 3. The van der Waals surface area contributed by atoms with Gasteiger partial charge in [0.1, 0.15) is 10.3 Å². The third-order valence-electron chi connectivity index (χ3n) is 2.85. The molecule has 0 aliphatic heterocycles. The fourth-order valence-corrected chi connectivity index (χ4v) is 3.61. The topological polar surface area (TPSA) is 74.8 Å². The molecule has 0 amide bonds. The van der Waals surface area contributed by atoms with Crippen LogP contribution in [0.3, 0.4) is 0 Å². The predicted molar refractivity (Wildman–Crippen MR) is 83.4 cm³/mol. The summed E-state index contributed by atoms with van der Waals surface area (Å²) in [6.07, 6.45) is 1.78. The molecule has 0 bridgehead atoms. The summed E-state index contributed by atoms with van der Waals surface area (Å²) in [5.41, 5.74) is 1.37. The average molecular weight is 342 g/mol. The summed E-state index contributed by atoms with van der Waals surface area (Å²) in [5, 5.41) is 0.939. The first kappa shape index (κ1) is 14.2. The molecule has 0 spiro atoms. The molecule has 21 heavy (non-hydrogen) atoms. The molecule has 0 aliphatic rings. The summed E-state index contributed by atoms with van der Waals surface area (Å²) < 4.78 is 27.1. The molecule has 8 heteroatoms. The number of benzene rings is 1. The lowest BCUT2D eigenvalue weighted by molar-refractivity contribution is 0.601. The van der Waals surface area contributed by atoms with E-state index in [1.54, 1.807) is 24.4 Å². The molecule has 0 aliphatic carbocycles. The number of hydrogen-bond acceptors (Lipinski definition) is 3. The van der Waals surface area contributed by atoms with Crippen molar-refractivity contribution in [2.24, 2.45) is 0 Å². The van der Waals surface area contributed by atoms with Gasteiger partial charge in [-0.25, -0.2) is 13.4 Å². The van der Waals surface area contributed by atoms with E-state index in [1.165, 1.54) is 12.1 Å². The van der Waals surface area contributed by atoms with Gasteiger partial charge >= 0.3 is 0 Å². The van der Waals surface area contributed by atoms with Crippen LogP contribution in [0.2, 0.25) is 10.3 Å². The smallest absolute Gasteiger partial charge is 0.262 e. The molecule has 5 nitrogen and oxygen atoms in total. The Bertz CT molecular complexity index is 902. The van der Waals surface area contributed by atoms with E-state index in [4.69, 9.17) is 23.2 Å². The molecule has 3 aromatic rings. The van der Waals surface area contributed by atoms with Crippen molar-refractivity contribution in [1.82, 2.24) is 9.97 Å². The first-order chi connectivity index (χ1) is 9.94. The number of hydrogen-bond donors (Lipinski definition) is 2. The summed E-state index contributed by atoms with van der Waals surface area (Å²) in [7, 11) is -3.78. The number of nitrogens with zero attached hydrogens (tertiary/aromatic N) is 1. The molecule has 0 atom stereocenters. The fraction of sp³-hybridized carbons (Fsp3) is 0. The second-order valence-corrected chi connectivity index (χ2v) is 6.79. The van der Waals surface area contributed by atoms with Crippen molar-refractivity contribution in [2.75, 3.05) is 4.72 Å². The minimum Gasteiger partial charge on any atom is -0.361 e. The number of sulfonamides is 1. The third kappa shape index (κ3) is 2.97. The number of H-pyrrole nitrogens is 1. The van der Waals surface area contributed by atoms with Gasteiger partial charge in [-0.15, -0.1) is 0 Å². The van der Waals surface area contributed by atoms with Crippen LogP contribution < -0.4 is 4.72 Å². The van der Waals surface area contributed by atoms with Crippen molar-refractivity contribution in [3.63, 3.8) is 0 Å². The molecule has 1 aromatic carbocycles. The first-order valence-corrected chi connectivity index (χ1v) is 8.11. The van der Waals surface area contributed by atoms with Crippen LogP contribution >= 0.6 is 23.2 Å². The molecular formula is C13H9Cl2N3O2S. The zero-order valence-electron chi connectivity index (χ0n) is 10.5. The number of aromatic nitrogens is 2. The van der Waals surface area contributed by atoms with Crippen LogP contribution in [0.5, 0.6) is 0 Å². The molecule has 0 radical (unpaired) electrons. The van der Waals surface area contributed by atoms with E-state index in [-0.39, 0.29) is 15.2 Å². The molecule has 3 rings (SSSR count). The Hall–Kier alpha value is -1.76. The Balaban J connectivity index is 1.98. The minimum atomic E-state index is -3.78. The summed E-state index contributed by atoms with van der Waals surface area (Å²) in [6, 6.07) is 9.52. The Morgan fingerprint density at radius 3 is 2.48 bits per heavy atom. The number of halogens is 2. The first-order valence-electron chi connectivity index (χ1n) is 5.87. The van der Waals surface area contributed by atoms with Crippen molar-refractivity contribution in [2.45, 2.75) is 4.90 Å². The Morgan fingerprint density at radius 2 is 1.76 bits per heavy atom. The van der Waals surface area contributed by atoms with Crippen molar-refractivity contribution in [3.8, 4) is 0 Å². The van der Waals surface area contributed by atoms with Crippen molar-refractivity contribution in [3.05, 3.63) is 52.9 Å². The zero-order valence-corrected chi connectivity index (χ0v) is 12.8. The lowest BCUT2D eigenvalue weighted by Gasteiger charge is -2.08. The molecule has 0 unspecified atom stereocenters. The van der Waals surface area contributed by atoms with Gasteiger partial charge in [0, 0.05) is 22.8 Å². The molecule has 0 saturated heterocycles. The van der Waals surface area contributed by atoms with Crippen LogP contribution in [0.25, 0.3) is 10.9 Å². The van der Waals surface area contributed by atoms with Crippen molar-refractivity contribution in [1.29, 1.82) is 0 Å². The maximum atomic E-state index is 12.3. The standard InChI is InChI=1S/C13H9Cl2N3O2S/c14-12-6-10(7-13(15)17-12)21(19,20)18-9-1-2-11-8(5-9)3-4-16-11/h1-7,16,18H. The summed E-state index contributed by atoms with van der Waals surface area (Å²) in [6.45, 7) is 0. The van der Waals surface area contributed by atoms with Gasteiger partial charge in [0.2, 0.25) is 0 Å². The van der Waals surface area contributed by atoms with Gasteiger partial charge in [0.15, 0.2) is 0 Å². The molecular weight excluding hydrogens is 333 g/mol. The van der Waals surface area contributed by atoms with Crippen molar-refractivity contribution < 1.29 is 8.42 Å². The number of aromatic amines is 1. The van der Waals surface area contributed by atoms with Crippen LogP contribution in [0.15, 0.2) is 47.5 Å². The highest BCUT2D eigenvalue weighted by molar-refractivity contribution is 7.92. The van der Waals surface area contributed by atoms with Gasteiger partial charge in [-0.1, -0.05) is 23.2 Å². The second-order valence-electron chi connectivity index (χ2n) is 4.33. The van der Waals surface area contributed by atoms with Crippen LogP contribution in [0.1, 0.15) is 0 Å². The van der Waals surface area contributed by atoms with Gasteiger partial charge in [-0.2, -0.15) is 0 Å². The monoisotopic (exact) mass is 341 g/mol. The number of fused-ring (bicyclic) bond motifs is 1. The van der Waals surface area contributed by atoms with Gasteiger partial charge in [-0.3, -0.25) is 4.72 Å². The van der Waals surface area contributed by atoms with E-state index in [0.29, 0.717) is 5.69 Å². The average Bonchev–Trinajstić information content (AvgIpc) is 2.84. The molecule has 2 aromatic heterocycles. The lowest BCUT2D eigenvalue weighted by atomic mass is 10.2. The summed E-state index contributed by atoms with van der Waals surface area (Å²) >= 11 is 11.5. The van der Waals surface area contributed by atoms with Crippen LogP contribution in [-0.4, -0.2) is 18.4 Å². The Morgan fingerprint density at radius 1 is 1.05 bits per heavy atom. The SMILES string of the molecule is O=S(=O)(Nc1ccc2[nH]ccc2c1)c1cc(Cl)nc(Cl)c1. The molecule has 0 saturated carbocycles.